The average molecular weight is 335 g/mol. The van der Waals surface area contributed by atoms with Gasteiger partial charge in [-0.25, -0.2) is 12.8 Å². The van der Waals surface area contributed by atoms with Crippen molar-refractivity contribution in [2.75, 3.05) is 10.5 Å². The maximum absolute atomic E-state index is 13.3. The third-order valence-electron chi connectivity index (χ3n) is 2.44. The zero-order chi connectivity index (χ0) is 14.9. The first-order valence-electron chi connectivity index (χ1n) is 5.32. The van der Waals surface area contributed by atoms with E-state index in [0.717, 1.165) is 6.07 Å². The molecule has 0 heterocycles. The molecule has 0 saturated heterocycles. The molecule has 0 saturated carbocycles. The third-order valence-corrected chi connectivity index (χ3v) is 4.53. The zero-order valence-corrected chi connectivity index (χ0v) is 12.2. The van der Waals surface area contributed by atoms with Crippen LogP contribution in [-0.2, 0) is 10.0 Å². The third kappa shape index (κ3) is 3.15. The number of hydrogen-bond donors (Lipinski definition) is 2. The van der Waals surface area contributed by atoms with Crippen molar-refractivity contribution in [2.45, 2.75) is 4.90 Å². The minimum Gasteiger partial charge on any atom is -0.396 e. The fourth-order valence-corrected chi connectivity index (χ4v) is 3.30. The minimum absolute atomic E-state index is 0.0119. The van der Waals surface area contributed by atoms with Crippen LogP contribution in [0.1, 0.15) is 0 Å². The van der Waals surface area contributed by atoms with Crippen molar-refractivity contribution in [2.24, 2.45) is 0 Å². The maximum atomic E-state index is 13.3. The summed E-state index contributed by atoms with van der Waals surface area (Å²) in [5.74, 6) is -0.720. The summed E-state index contributed by atoms with van der Waals surface area (Å²) in [7, 11) is -3.97. The number of nitrogens with two attached hydrogens (primary N) is 1. The Labute approximate surface area is 125 Å². The van der Waals surface area contributed by atoms with Crippen molar-refractivity contribution in [3.8, 4) is 0 Å². The Morgan fingerprint density at radius 2 is 1.80 bits per heavy atom. The van der Waals surface area contributed by atoms with Crippen molar-refractivity contribution in [3.05, 3.63) is 52.3 Å². The summed E-state index contributed by atoms with van der Waals surface area (Å²) in [5, 5.41) is 0.232. The number of hydrogen-bond acceptors (Lipinski definition) is 3. The van der Waals surface area contributed by atoms with Crippen LogP contribution in [0.4, 0.5) is 15.8 Å². The van der Waals surface area contributed by atoms with Crippen molar-refractivity contribution in [1.29, 1.82) is 0 Å². The van der Waals surface area contributed by atoms with Gasteiger partial charge in [-0.2, -0.15) is 0 Å². The Balaban J connectivity index is 2.40. The molecule has 0 aromatic heterocycles. The van der Waals surface area contributed by atoms with Gasteiger partial charge in [-0.3, -0.25) is 4.72 Å². The molecular weight excluding hydrogens is 326 g/mol. The first kappa shape index (κ1) is 14.9. The lowest BCUT2D eigenvalue weighted by atomic mass is 10.3. The van der Waals surface area contributed by atoms with Gasteiger partial charge in [-0.15, -0.1) is 0 Å². The van der Waals surface area contributed by atoms with Crippen LogP contribution in [0.3, 0.4) is 0 Å². The second-order valence-electron chi connectivity index (χ2n) is 3.92. The van der Waals surface area contributed by atoms with Crippen LogP contribution in [0, 0.1) is 5.82 Å². The topological polar surface area (TPSA) is 72.2 Å². The smallest absolute Gasteiger partial charge is 0.263 e. The lowest BCUT2D eigenvalue weighted by molar-refractivity contribution is 0.601. The molecule has 8 heteroatoms. The molecule has 0 bridgehead atoms. The molecule has 0 aliphatic carbocycles. The van der Waals surface area contributed by atoms with E-state index in [9.17, 15) is 12.8 Å². The summed E-state index contributed by atoms with van der Waals surface area (Å²) >= 11 is 11.6. The predicted octanol–water partition coefficient (Wildman–Crippen LogP) is 3.52. The van der Waals surface area contributed by atoms with Crippen molar-refractivity contribution >= 4 is 44.6 Å². The SMILES string of the molecule is Nc1ccc(NS(=O)(=O)c2cc(Cl)ccc2Cl)cc1F. The number of benzene rings is 2. The van der Waals surface area contributed by atoms with E-state index in [1.165, 1.54) is 30.3 Å². The molecule has 106 valence electrons. The van der Waals surface area contributed by atoms with Gasteiger partial charge in [-0.05, 0) is 30.3 Å². The molecule has 0 amide bonds. The van der Waals surface area contributed by atoms with Gasteiger partial charge in [0.2, 0.25) is 0 Å². The average Bonchev–Trinajstić information content (AvgIpc) is 2.36. The van der Waals surface area contributed by atoms with Crippen molar-refractivity contribution in [1.82, 2.24) is 0 Å². The fraction of sp³-hybridized carbons (Fsp3) is 0. The molecule has 0 atom stereocenters. The Bertz CT molecular complexity index is 766. The normalized spacial score (nSPS) is 11.3. The number of nitrogen functional groups attached to an aromatic ring is 1. The van der Waals surface area contributed by atoms with Gasteiger partial charge in [0, 0.05) is 11.1 Å². The molecule has 0 aliphatic heterocycles. The van der Waals surface area contributed by atoms with Crippen molar-refractivity contribution < 1.29 is 12.8 Å². The summed E-state index contributed by atoms with van der Waals surface area (Å²) in [5.41, 5.74) is 5.28. The number of halogens is 3. The van der Waals surface area contributed by atoms with Gasteiger partial charge in [0.15, 0.2) is 0 Å². The Hall–Kier alpha value is -1.50. The van der Waals surface area contributed by atoms with Crippen LogP contribution < -0.4 is 10.5 Å². The summed E-state index contributed by atoms with van der Waals surface area (Å²) in [4.78, 5) is -0.191. The first-order valence-corrected chi connectivity index (χ1v) is 7.56. The molecule has 4 nitrogen and oxygen atoms in total. The standard InChI is InChI=1S/C12H9Cl2FN2O2S/c13-7-1-3-9(14)12(5-7)20(18,19)17-8-2-4-11(16)10(15)6-8/h1-6,17H,16H2. The van der Waals surface area contributed by atoms with Crippen LogP contribution in [0.2, 0.25) is 10.0 Å². The van der Waals surface area contributed by atoms with Gasteiger partial charge < -0.3 is 5.73 Å². The van der Waals surface area contributed by atoms with E-state index in [-0.39, 0.29) is 26.3 Å². The highest BCUT2D eigenvalue weighted by Crippen LogP contribution is 2.27. The van der Waals surface area contributed by atoms with E-state index < -0.39 is 15.8 Å². The molecule has 0 spiro atoms. The van der Waals surface area contributed by atoms with Crippen LogP contribution in [0.5, 0.6) is 0 Å². The highest BCUT2D eigenvalue weighted by molar-refractivity contribution is 7.92. The number of rotatable bonds is 3. The monoisotopic (exact) mass is 334 g/mol. The quantitative estimate of drug-likeness (QED) is 0.843. The molecule has 2 rings (SSSR count). The number of anilines is 2. The maximum Gasteiger partial charge on any atom is 0.263 e. The van der Waals surface area contributed by atoms with Crippen LogP contribution in [0.25, 0.3) is 0 Å². The second kappa shape index (κ2) is 5.47. The summed E-state index contributed by atoms with van der Waals surface area (Å²) in [6, 6.07) is 7.61. The van der Waals surface area contributed by atoms with Crippen LogP contribution in [-0.4, -0.2) is 8.42 Å². The molecule has 2 aromatic rings. The van der Waals surface area contributed by atoms with Gasteiger partial charge in [0.05, 0.1) is 16.4 Å². The molecular formula is C12H9Cl2FN2O2S. The van der Waals surface area contributed by atoms with Crippen LogP contribution >= 0.6 is 23.2 Å². The lowest BCUT2D eigenvalue weighted by Crippen LogP contribution is -2.13. The Morgan fingerprint density at radius 1 is 1.10 bits per heavy atom. The summed E-state index contributed by atoms with van der Waals surface area (Å²) in [6.45, 7) is 0. The molecule has 0 aliphatic rings. The van der Waals surface area contributed by atoms with Gasteiger partial charge >= 0.3 is 0 Å². The highest BCUT2D eigenvalue weighted by Gasteiger charge is 2.19. The number of nitrogens with one attached hydrogen (secondary N) is 1. The summed E-state index contributed by atoms with van der Waals surface area (Å²) in [6.07, 6.45) is 0. The molecule has 2 aromatic carbocycles. The Morgan fingerprint density at radius 3 is 2.45 bits per heavy atom. The van der Waals surface area contributed by atoms with E-state index in [1.54, 1.807) is 0 Å². The zero-order valence-electron chi connectivity index (χ0n) is 9.90. The predicted molar refractivity (Wildman–Crippen MR) is 78.1 cm³/mol. The molecule has 20 heavy (non-hydrogen) atoms. The van der Waals surface area contributed by atoms with Crippen molar-refractivity contribution in [3.63, 3.8) is 0 Å². The fourth-order valence-electron chi connectivity index (χ4n) is 1.48. The van der Waals surface area contributed by atoms with Gasteiger partial charge in [0.25, 0.3) is 10.0 Å². The van der Waals surface area contributed by atoms with E-state index >= 15 is 0 Å². The largest absolute Gasteiger partial charge is 0.396 e. The van der Waals surface area contributed by atoms with Gasteiger partial charge in [0.1, 0.15) is 10.7 Å². The molecule has 0 radical (unpaired) electrons. The minimum atomic E-state index is -3.97. The van der Waals surface area contributed by atoms with E-state index in [4.69, 9.17) is 28.9 Å². The van der Waals surface area contributed by atoms with Crippen LogP contribution in [0.15, 0.2) is 41.3 Å². The molecule has 0 unspecified atom stereocenters. The highest BCUT2D eigenvalue weighted by atomic mass is 35.5. The Kier molecular flexibility index (Phi) is 4.08. The molecule has 0 fully saturated rings. The molecule has 3 N–H and O–H groups in total. The second-order valence-corrected chi connectivity index (χ2v) is 6.41. The number of sulfonamides is 1. The van der Waals surface area contributed by atoms with E-state index in [0.29, 0.717) is 0 Å². The first-order chi connectivity index (χ1) is 9.29. The van der Waals surface area contributed by atoms with E-state index in [2.05, 4.69) is 4.72 Å². The van der Waals surface area contributed by atoms with Gasteiger partial charge in [-0.1, -0.05) is 23.2 Å². The lowest BCUT2D eigenvalue weighted by Gasteiger charge is -2.10. The van der Waals surface area contributed by atoms with E-state index in [1.807, 2.05) is 0 Å². The summed E-state index contributed by atoms with van der Waals surface area (Å²) < 4.78 is 39.8.